The zero-order valence-electron chi connectivity index (χ0n) is 15.9. The van der Waals surface area contributed by atoms with E-state index in [1.165, 1.54) is 0 Å². The standard InChI is InChI=1S/C19H27N3O5S/c1-20-19(25)13-2-5-15(6-3-13)21-10-12-8-14-4-7-16(23)11-22(28(26)27)18(14)17(24)9-12/h8-9,13,15,21,24H,2-7,10-11H2,1H3,(H,20,25)(H,26,27)/t13-,15-. The van der Waals surface area contributed by atoms with E-state index < -0.39 is 11.3 Å². The van der Waals surface area contributed by atoms with Crippen LogP contribution in [0.1, 0.15) is 43.2 Å². The number of nitrogens with zero attached hydrogens (tertiary/aromatic N) is 1. The van der Waals surface area contributed by atoms with Gasteiger partial charge in [-0.3, -0.25) is 18.4 Å². The van der Waals surface area contributed by atoms with Crippen LogP contribution >= 0.6 is 0 Å². The SMILES string of the molecule is CNC(=O)[C@H]1CC[C@H](NCc2cc(O)c3c(c2)CCC(=O)CN3S(=O)O)CC1. The van der Waals surface area contributed by atoms with E-state index >= 15 is 0 Å². The first kappa shape index (κ1) is 20.8. The van der Waals surface area contributed by atoms with Gasteiger partial charge in [-0.25, -0.2) is 4.21 Å². The summed E-state index contributed by atoms with van der Waals surface area (Å²) in [5, 5.41) is 16.6. The summed E-state index contributed by atoms with van der Waals surface area (Å²) in [5.74, 6) is -0.0303. The number of benzene rings is 1. The maximum atomic E-state index is 11.9. The second kappa shape index (κ2) is 9.02. The number of nitrogens with one attached hydrogen (secondary N) is 2. The summed E-state index contributed by atoms with van der Waals surface area (Å²) in [6.07, 6.45) is 4.25. The number of hydrogen-bond donors (Lipinski definition) is 4. The molecule has 1 aromatic rings. The van der Waals surface area contributed by atoms with E-state index in [1.807, 2.05) is 6.07 Å². The summed E-state index contributed by atoms with van der Waals surface area (Å²) < 4.78 is 22.2. The Hall–Kier alpha value is -1.97. The number of aromatic hydroxyl groups is 1. The van der Waals surface area contributed by atoms with Crippen molar-refractivity contribution in [2.24, 2.45) is 5.92 Å². The number of ketones is 1. The Kier molecular flexibility index (Phi) is 6.69. The number of phenols is 1. The topological polar surface area (TPSA) is 119 Å². The van der Waals surface area contributed by atoms with Crippen LogP contribution in [0.15, 0.2) is 12.1 Å². The van der Waals surface area contributed by atoms with Crippen LogP contribution in [0.25, 0.3) is 0 Å². The van der Waals surface area contributed by atoms with E-state index in [0.717, 1.165) is 35.6 Å². The molecule has 0 bridgehead atoms. The Morgan fingerprint density at radius 3 is 2.61 bits per heavy atom. The summed E-state index contributed by atoms with van der Waals surface area (Å²) in [6.45, 7) is 0.363. The van der Waals surface area contributed by atoms with Crippen molar-refractivity contribution in [3.63, 3.8) is 0 Å². The number of fused-ring (bicyclic) bond motifs is 1. The monoisotopic (exact) mass is 409 g/mol. The summed E-state index contributed by atoms with van der Waals surface area (Å²) in [6, 6.07) is 3.78. The number of aryl methyl sites for hydroxylation is 1. The third-order valence-electron chi connectivity index (χ3n) is 5.60. The fourth-order valence-corrected chi connectivity index (χ4v) is 4.70. The van der Waals surface area contributed by atoms with E-state index in [0.29, 0.717) is 24.6 Å². The number of phenolic OH excluding ortho intramolecular Hbond substituents is 1. The maximum Gasteiger partial charge on any atom is 0.262 e. The molecule has 0 radical (unpaired) electrons. The van der Waals surface area contributed by atoms with Gasteiger partial charge in [0.15, 0.2) is 5.78 Å². The molecule has 8 nitrogen and oxygen atoms in total. The Balaban J connectivity index is 1.67. The molecule has 1 amide bonds. The summed E-state index contributed by atoms with van der Waals surface area (Å²) >= 11 is -2.37. The molecule has 0 aromatic heterocycles. The van der Waals surface area contributed by atoms with Crippen LogP contribution in [-0.2, 0) is 33.8 Å². The smallest absolute Gasteiger partial charge is 0.262 e. The molecule has 1 atom stereocenters. The highest BCUT2D eigenvalue weighted by Crippen LogP contribution is 2.36. The molecule has 9 heteroatoms. The minimum absolute atomic E-state index is 0.0856. The lowest BCUT2D eigenvalue weighted by Crippen LogP contribution is -2.37. The van der Waals surface area contributed by atoms with Gasteiger partial charge in [0.2, 0.25) is 5.91 Å². The molecule has 1 heterocycles. The number of Topliss-reactive ketones (excluding diaryl/α,β-unsaturated/α-hetero) is 1. The molecule has 2 aliphatic rings. The van der Waals surface area contributed by atoms with Gasteiger partial charge < -0.3 is 15.7 Å². The number of rotatable bonds is 5. The van der Waals surface area contributed by atoms with Gasteiger partial charge in [0.05, 0.1) is 12.2 Å². The second-order valence-corrected chi connectivity index (χ2v) is 8.37. The molecule has 0 spiro atoms. The Labute approximate surface area is 167 Å². The molecular formula is C19H27N3O5S. The average Bonchev–Trinajstić information content (AvgIpc) is 2.85. The minimum Gasteiger partial charge on any atom is -0.506 e. The third kappa shape index (κ3) is 4.71. The van der Waals surface area contributed by atoms with Gasteiger partial charge in [-0.05, 0) is 49.3 Å². The number of anilines is 1. The fraction of sp³-hybridized carbons (Fsp3) is 0.579. The van der Waals surface area contributed by atoms with E-state index in [4.69, 9.17) is 0 Å². The quantitative estimate of drug-likeness (QED) is 0.544. The lowest BCUT2D eigenvalue weighted by atomic mass is 9.85. The van der Waals surface area contributed by atoms with Crippen molar-refractivity contribution in [2.75, 3.05) is 17.9 Å². The van der Waals surface area contributed by atoms with Crippen molar-refractivity contribution < 1.29 is 23.5 Å². The second-order valence-electron chi connectivity index (χ2n) is 7.47. The number of carbonyl (C=O) groups is 2. The average molecular weight is 410 g/mol. The number of carbonyl (C=O) groups excluding carboxylic acids is 2. The van der Waals surface area contributed by atoms with Gasteiger partial charge in [0.25, 0.3) is 11.3 Å². The van der Waals surface area contributed by atoms with Crippen molar-refractivity contribution in [3.8, 4) is 5.75 Å². The highest BCUT2D eigenvalue weighted by atomic mass is 32.2. The van der Waals surface area contributed by atoms with Crippen LogP contribution in [0.2, 0.25) is 0 Å². The lowest BCUT2D eigenvalue weighted by molar-refractivity contribution is -0.125. The van der Waals surface area contributed by atoms with E-state index in [-0.39, 0.29) is 42.0 Å². The van der Waals surface area contributed by atoms with Gasteiger partial charge >= 0.3 is 0 Å². The fourth-order valence-electron chi connectivity index (χ4n) is 4.07. The van der Waals surface area contributed by atoms with E-state index in [1.54, 1.807) is 13.1 Å². The van der Waals surface area contributed by atoms with Gasteiger partial charge in [0.1, 0.15) is 5.75 Å². The van der Waals surface area contributed by atoms with Crippen LogP contribution in [0.4, 0.5) is 5.69 Å². The largest absolute Gasteiger partial charge is 0.506 e. The van der Waals surface area contributed by atoms with Gasteiger partial charge in [-0.15, -0.1) is 0 Å². The van der Waals surface area contributed by atoms with Crippen LogP contribution < -0.4 is 14.9 Å². The summed E-state index contributed by atoms with van der Waals surface area (Å²) in [5.41, 5.74) is 1.83. The lowest BCUT2D eigenvalue weighted by Gasteiger charge is -2.28. The summed E-state index contributed by atoms with van der Waals surface area (Å²) in [7, 11) is 1.67. The van der Waals surface area contributed by atoms with E-state index in [9.17, 15) is 23.5 Å². The van der Waals surface area contributed by atoms with Crippen molar-refractivity contribution in [1.29, 1.82) is 0 Å². The molecule has 0 saturated heterocycles. The highest BCUT2D eigenvalue weighted by molar-refractivity contribution is 7.80. The molecule has 1 aliphatic heterocycles. The molecule has 1 fully saturated rings. The minimum atomic E-state index is -2.37. The Morgan fingerprint density at radius 1 is 1.25 bits per heavy atom. The molecule has 4 N–H and O–H groups in total. The predicted octanol–water partition coefficient (Wildman–Crippen LogP) is 1.24. The summed E-state index contributed by atoms with van der Waals surface area (Å²) in [4.78, 5) is 23.6. The van der Waals surface area contributed by atoms with Gasteiger partial charge in [0, 0.05) is 32.0 Å². The third-order valence-corrected chi connectivity index (χ3v) is 6.29. The zero-order chi connectivity index (χ0) is 20.3. The van der Waals surface area contributed by atoms with Crippen molar-refractivity contribution in [1.82, 2.24) is 10.6 Å². The van der Waals surface area contributed by atoms with Gasteiger partial charge in [-0.1, -0.05) is 6.07 Å². The van der Waals surface area contributed by atoms with Gasteiger partial charge in [-0.2, -0.15) is 0 Å². The maximum absolute atomic E-state index is 11.9. The van der Waals surface area contributed by atoms with E-state index in [2.05, 4.69) is 10.6 Å². The molecule has 1 saturated carbocycles. The molecule has 1 aromatic carbocycles. The molecule has 3 rings (SSSR count). The van der Waals surface area contributed by atoms with Crippen LogP contribution in [0.3, 0.4) is 0 Å². The first-order valence-corrected chi connectivity index (χ1v) is 10.6. The molecule has 1 unspecified atom stereocenters. The van der Waals surface area contributed by atoms with Crippen molar-refractivity contribution in [3.05, 3.63) is 23.3 Å². The number of hydrogen-bond acceptors (Lipinski definition) is 5. The van der Waals surface area contributed by atoms with Crippen LogP contribution in [0, 0.1) is 5.92 Å². The Bertz CT molecular complexity index is 777. The molecule has 28 heavy (non-hydrogen) atoms. The highest BCUT2D eigenvalue weighted by Gasteiger charge is 2.28. The predicted molar refractivity (Wildman–Crippen MR) is 106 cm³/mol. The number of amides is 1. The Morgan fingerprint density at radius 2 is 1.96 bits per heavy atom. The van der Waals surface area contributed by atoms with Crippen LogP contribution in [0.5, 0.6) is 5.75 Å². The first-order valence-electron chi connectivity index (χ1n) is 9.59. The zero-order valence-corrected chi connectivity index (χ0v) is 16.8. The molecular weight excluding hydrogens is 382 g/mol. The molecule has 1 aliphatic carbocycles. The first-order chi connectivity index (χ1) is 13.4. The van der Waals surface area contributed by atoms with Crippen LogP contribution in [-0.4, -0.2) is 45.2 Å². The normalized spacial score (nSPS) is 23.6. The molecule has 154 valence electrons. The van der Waals surface area contributed by atoms with Crippen molar-refractivity contribution in [2.45, 2.75) is 51.1 Å². The van der Waals surface area contributed by atoms with Crippen molar-refractivity contribution >= 4 is 28.6 Å².